The zero-order chi connectivity index (χ0) is 20.6. The molecule has 2 aromatic carbocycles. The second-order valence-corrected chi connectivity index (χ2v) is 9.45. The number of nitrogens with zero attached hydrogens (tertiary/aromatic N) is 1. The van der Waals surface area contributed by atoms with E-state index in [0.717, 1.165) is 28.6 Å². The third kappa shape index (κ3) is 4.25. The summed E-state index contributed by atoms with van der Waals surface area (Å²) >= 11 is 6.04. The Morgan fingerprint density at radius 3 is 2.43 bits per heavy atom. The Morgan fingerprint density at radius 1 is 1.18 bits per heavy atom. The molecule has 1 aliphatic heterocycles. The van der Waals surface area contributed by atoms with Crippen molar-refractivity contribution < 1.29 is 17.9 Å². The van der Waals surface area contributed by atoms with Gasteiger partial charge in [0.25, 0.3) is 5.91 Å². The van der Waals surface area contributed by atoms with Crippen molar-refractivity contribution in [3.05, 3.63) is 52.0 Å². The summed E-state index contributed by atoms with van der Waals surface area (Å²) in [6.45, 7) is 6.00. The van der Waals surface area contributed by atoms with Crippen LogP contribution in [-0.2, 0) is 14.8 Å². The van der Waals surface area contributed by atoms with Crippen molar-refractivity contribution in [2.24, 2.45) is 0 Å². The predicted molar refractivity (Wildman–Crippen MR) is 112 cm³/mol. The Hall–Kier alpha value is -2.25. The van der Waals surface area contributed by atoms with Gasteiger partial charge in [-0.05, 0) is 50.1 Å². The fraction of sp³-hybridized carbons (Fsp3) is 0.350. The number of anilines is 2. The molecule has 0 fully saturated rings. The fourth-order valence-electron chi connectivity index (χ4n) is 3.46. The molecule has 1 aliphatic rings. The SMILES string of the molecule is Cc1cc(C)c(NC(=O)[C@@H]2CCN(S(C)(=O)=O)c3cc(Cl)ccc3O2)c(C)c1. The summed E-state index contributed by atoms with van der Waals surface area (Å²) in [5.41, 5.74) is 4.13. The lowest BCUT2D eigenvalue weighted by Crippen LogP contribution is -2.36. The third-order valence-corrected chi connectivity index (χ3v) is 6.09. The number of fused-ring (bicyclic) bond motifs is 1. The van der Waals surface area contributed by atoms with Crippen LogP contribution in [0.4, 0.5) is 11.4 Å². The molecular weight excluding hydrogens is 400 g/mol. The Balaban J connectivity index is 1.91. The molecule has 1 atom stereocenters. The molecule has 0 bridgehead atoms. The van der Waals surface area contributed by atoms with E-state index in [1.807, 2.05) is 32.9 Å². The monoisotopic (exact) mass is 422 g/mol. The molecule has 1 heterocycles. The highest BCUT2D eigenvalue weighted by atomic mass is 35.5. The maximum atomic E-state index is 12.9. The summed E-state index contributed by atoms with van der Waals surface area (Å²) < 4.78 is 31.6. The van der Waals surface area contributed by atoms with Crippen molar-refractivity contribution in [1.29, 1.82) is 0 Å². The second kappa shape index (κ2) is 7.64. The average molecular weight is 423 g/mol. The van der Waals surface area contributed by atoms with Crippen LogP contribution in [0.5, 0.6) is 5.75 Å². The molecule has 8 heteroatoms. The Bertz CT molecular complexity index is 1010. The normalized spacial score (nSPS) is 16.8. The van der Waals surface area contributed by atoms with Crippen LogP contribution in [0.25, 0.3) is 0 Å². The van der Waals surface area contributed by atoms with Gasteiger partial charge in [-0.25, -0.2) is 8.42 Å². The molecule has 1 amide bonds. The number of ether oxygens (including phenoxy) is 1. The van der Waals surface area contributed by atoms with E-state index in [9.17, 15) is 13.2 Å². The molecule has 2 aromatic rings. The highest BCUT2D eigenvalue weighted by Crippen LogP contribution is 2.36. The Labute approximate surface area is 170 Å². The number of sulfonamides is 1. The smallest absolute Gasteiger partial charge is 0.265 e. The number of halogens is 1. The maximum Gasteiger partial charge on any atom is 0.265 e. The van der Waals surface area contributed by atoms with E-state index >= 15 is 0 Å². The molecule has 0 radical (unpaired) electrons. The van der Waals surface area contributed by atoms with Crippen molar-refractivity contribution in [2.75, 3.05) is 22.4 Å². The maximum absolute atomic E-state index is 12.9. The van der Waals surface area contributed by atoms with Crippen molar-refractivity contribution in [2.45, 2.75) is 33.3 Å². The van der Waals surface area contributed by atoms with Gasteiger partial charge in [-0.1, -0.05) is 29.3 Å². The standard InChI is InChI=1S/C20H23ClN2O4S/c1-12-9-13(2)19(14(3)10-12)22-20(24)18-7-8-23(28(4,25)26)16-11-15(21)5-6-17(16)27-18/h5-6,9-11,18H,7-8H2,1-4H3,(H,22,24)/t18-/m0/s1. The molecular formula is C20H23ClN2O4S. The molecule has 0 aromatic heterocycles. The van der Waals surface area contributed by atoms with Gasteiger partial charge >= 0.3 is 0 Å². The summed E-state index contributed by atoms with van der Waals surface area (Å²) in [7, 11) is -3.54. The zero-order valence-corrected chi connectivity index (χ0v) is 17.8. The lowest BCUT2D eigenvalue weighted by atomic mass is 10.0. The molecule has 1 N–H and O–H groups in total. The van der Waals surface area contributed by atoms with Crippen LogP contribution in [-0.4, -0.2) is 33.2 Å². The first-order valence-electron chi connectivity index (χ1n) is 8.89. The van der Waals surface area contributed by atoms with Gasteiger partial charge < -0.3 is 10.1 Å². The first kappa shape index (κ1) is 20.5. The number of nitrogens with one attached hydrogen (secondary N) is 1. The lowest BCUT2D eigenvalue weighted by Gasteiger charge is -2.21. The highest BCUT2D eigenvalue weighted by Gasteiger charge is 2.31. The first-order chi connectivity index (χ1) is 13.1. The zero-order valence-electron chi connectivity index (χ0n) is 16.2. The van der Waals surface area contributed by atoms with Gasteiger partial charge in [-0.15, -0.1) is 0 Å². The van der Waals surface area contributed by atoms with Crippen molar-refractivity contribution in [3.8, 4) is 5.75 Å². The lowest BCUT2D eigenvalue weighted by molar-refractivity contribution is -0.122. The van der Waals surface area contributed by atoms with Crippen molar-refractivity contribution in [3.63, 3.8) is 0 Å². The predicted octanol–water partition coefficient (Wildman–Crippen LogP) is 3.82. The summed E-state index contributed by atoms with van der Waals surface area (Å²) in [5.74, 6) is -0.00358. The van der Waals surface area contributed by atoms with Gasteiger partial charge in [0.15, 0.2) is 6.10 Å². The van der Waals surface area contributed by atoms with E-state index in [1.54, 1.807) is 12.1 Å². The molecule has 3 rings (SSSR count). The van der Waals surface area contributed by atoms with Gasteiger partial charge in [-0.2, -0.15) is 0 Å². The number of amides is 1. The quantitative estimate of drug-likeness (QED) is 0.815. The van der Waals surface area contributed by atoms with Crippen LogP contribution in [0.15, 0.2) is 30.3 Å². The van der Waals surface area contributed by atoms with Crippen LogP contribution in [0.1, 0.15) is 23.1 Å². The molecule has 150 valence electrons. The number of carbonyl (C=O) groups excluding carboxylic acids is 1. The second-order valence-electron chi connectivity index (χ2n) is 7.11. The van der Waals surface area contributed by atoms with E-state index in [0.29, 0.717) is 16.5 Å². The van der Waals surface area contributed by atoms with Crippen LogP contribution >= 0.6 is 11.6 Å². The molecule has 0 spiro atoms. The van der Waals surface area contributed by atoms with Gasteiger partial charge in [-0.3, -0.25) is 9.10 Å². The van der Waals surface area contributed by atoms with Gasteiger partial charge in [0.1, 0.15) is 5.75 Å². The number of aryl methyl sites for hydroxylation is 3. The molecule has 0 aliphatic carbocycles. The fourth-order valence-corrected chi connectivity index (χ4v) is 4.57. The van der Waals surface area contributed by atoms with E-state index in [-0.39, 0.29) is 18.9 Å². The van der Waals surface area contributed by atoms with E-state index < -0.39 is 16.1 Å². The Morgan fingerprint density at radius 2 is 1.82 bits per heavy atom. The number of hydrogen-bond donors (Lipinski definition) is 1. The number of benzene rings is 2. The summed E-state index contributed by atoms with van der Waals surface area (Å²) in [5, 5.41) is 3.33. The largest absolute Gasteiger partial charge is 0.478 e. The minimum Gasteiger partial charge on any atom is -0.478 e. The first-order valence-corrected chi connectivity index (χ1v) is 11.1. The van der Waals surface area contributed by atoms with Crippen LogP contribution < -0.4 is 14.4 Å². The third-order valence-electron chi connectivity index (χ3n) is 4.67. The number of rotatable bonds is 3. The summed E-state index contributed by atoms with van der Waals surface area (Å²) in [6, 6.07) is 8.73. The number of carbonyl (C=O) groups is 1. The van der Waals surface area contributed by atoms with Crippen LogP contribution in [0, 0.1) is 20.8 Å². The van der Waals surface area contributed by atoms with Crippen LogP contribution in [0.2, 0.25) is 5.02 Å². The Kier molecular flexibility index (Phi) is 5.59. The molecule has 0 saturated heterocycles. The van der Waals surface area contributed by atoms with E-state index in [4.69, 9.17) is 16.3 Å². The van der Waals surface area contributed by atoms with Gasteiger partial charge in [0.2, 0.25) is 10.0 Å². The molecule has 28 heavy (non-hydrogen) atoms. The molecule has 0 unspecified atom stereocenters. The van der Waals surface area contributed by atoms with E-state index in [2.05, 4.69) is 5.32 Å². The van der Waals surface area contributed by atoms with Crippen LogP contribution in [0.3, 0.4) is 0 Å². The van der Waals surface area contributed by atoms with E-state index in [1.165, 1.54) is 10.4 Å². The topological polar surface area (TPSA) is 75.7 Å². The van der Waals surface area contributed by atoms with Gasteiger partial charge in [0, 0.05) is 23.7 Å². The number of hydrogen-bond acceptors (Lipinski definition) is 4. The summed E-state index contributed by atoms with van der Waals surface area (Å²) in [6.07, 6.45) is 0.512. The van der Waals surface area contributed by atoms with Crippen molar-refractivity contribution >= 4 is 38.9 Å². The minimum atomic E-state index is -3.54. The molecule has 6 nitrogen and oxygen atoms in total. The average Bonchev–Trinajstić information content (AvgIpc) is 2.76. The molecule has 0 saturated carbocycles. The van der Waals surface area contributed by atoms with Gasteiger partial charge in [0.05, 0.1) is 11.9 Å². The highest BCUT2D eigenvalue weighted by molar-refractivity contribution is 7.92. The minimum absolute atomic E-state index is 0.121. The van der Waals surface area contributed by atoms with Crippen molar-refractivity contribution in [1.82, 2.24) is 0 Å². The summed E-state index contributed by atoms with van der Waals surface area (Å²) in [4.78, 5) is 12.9.